The zero-order chi connectivity index (χ0) is 14.4. The average molecular weight is 263 g/mol. The van der Waals surface area contributed by atoms with Gasteiger partial charge in [0.1, 0.15) is 6.04 Å². The third kappa shape index (κ3) is 3.91. The van der Waals surface area contributed by atoms with Crippen LogP contribution in [0.15, 0.2) is 30.3 Å². The molecule has 0 aliphatic carbocycles. The molecule has 0 aliphatic heterocycles. The minimum absolute atomic E-state index is 0.233. The SMILES string of the molecule is CC(C)C(C(=O)O)N(C=O)CC(=O)c1ccccc1. The summed E-state index contributed by atoms with van der Waals surface area (Å²) in [6.45, 7) is 3.16. The Morgan fingerprint density at radius 3 is 2.26 bits per heavy atom. The van der Waals surface area contributed by atoms with Crippen molar-refractivity contribution in [2.24, 2.45) is 5.92 Å². The highest BCUT2D eigenvalue weighted by Gasteiger charge is 2.29. The number of ketones is 1. The predicted molar refractivity (Wildman–Crippen MR) is 69.8 cm³/mol. The third-order valence-electron chi connectivity index (χ3n) is 2.80. The van der Waals surface area contributed by atoms with Crippen LogP contribution in [0.3, 0.4) is 0 Å². The number of aliphatic carboxylic acids is 1. The molecule has 1 aromatic carbocycles. The Labute approximate surface area is 111 Å². The summed E-state index contributed by atoms with van der Waals surface area (Å²) >= 11 is 0. The summed E-state index contributed by atoms with van der Waals surface area (Å²) in [7, 11) is 0. The van der Waals surface area contributed by atoms with Crippen molar-refractivity contribution in [2.45, 2.75) is 19.9 Å². The molecular weight excluding hydrogens is 246 g/mol. The van der Waals surface area contributed by atoms with E-state index >= 15 is 0 Å². The van der Waals surface area contributed by atoms with Gasteiger partial charge in [0.15, 0.2) is 5.78 Å². The molecule has 5 heteroatoms. The highest BCUT2D eigenvalue weighted by atomic mass is 16.4. The van der Waals surface area contributed by atoms with Crippen molar-refractivity contribution in [3.63, 3.8) is 0 Å². The number of carboxylic acid groups (broad SMARTS) is 1. The fourth-order valence-electron chi connectivity index (χ4n) is 1.89. The molecule has 0 aromatic heterocycles. The molecule has 1 aromatic rings. The first-order chi connectivity index (χ1) is 8.97. The van der Waals surface area contributed by atoms with E-state index in [0.717, 1.165) is 4.90 Å². The Morgan fingerprint density at radius 1 is 1.26 bits per heavy atom. The maximum atomic E-state index is 12.0. The van der Waals surface area contributed by atoms with Crippen molar-refractivity contribution in [3.05, 3.63) is 35.9 Å². The summed E-state index contributed by atoms with van der Waals surface area (Å²) in [6, 6.07) is 7.49. The number of hydrogen-bond acceptors (Lipinski definition) is 3. The highest BCUT2D eigenvalue weighted by Crippen LogP contribution is 2.11. The number of Topliss-reactive ketones (excluding diaryl/α,β-unsaturated/α-hetero) is 1. The van der Waals surface area contributed by atoms with Gasteiger partial charge < -0.3 is 10.0 Å². The van der Waals surface area contributed by atoms with Gasteiger partial charge >= 0.3 is 5.97 Å². The van der Waals surface area contributed by atoms with E-state index in [4.69, 9.17) is 5.11 Å². The Balaban J connectivity index is 2.85. The molecule has 1 rings (SSSR count). The van der Waals surface area contributed by atoms with Crippen LogP contribution in [0.1, 0.15) is 24.2 Å². The van der Waals surface area contributed by atoms with Gasteiger partial charge in [-0.15, -0.1) is 0 Å². The Bertz CT molecular complexity index is 456. The molecule has 1 unspecified atom stereocenters. The zero-order valence-electron chi connectivity index (χ0n) is 10.9. The fraction of sp³-hybridized carbons (Fsp3) is 0.357. The number of nitrogens with zero attached hydrogens (tertiary/aromatic N) is 1. The lowest BCUT2D eigenvalue weighted by atomic mass is 10.0. The van der Waals surface area contributed by atoms with E-state index in [1.807, 2.05) is 0 Å². The lowest BCUT2D eigenvalue weighted by Gasteiger charge is -2.27. The highest BCUT2D eigenvalue weighted by molar-refractivity contribution is 5.98. The second-order valence-corrected chi connectivity index (χ2v) is 4.59. The number of carbonyl (C=O) groups excluding carboxylic acids is 2. The van der Waals surface area contributed by atoms with Crippen LogP contribution >= 0.6 is 0 Å². The Kier molecular flexibility index (Phi) is 5.23. The molecule has 5 nitrogen and oxygen atoms in total. The number of rotatable bonds is 7. The van der Waals surface area contributed by atoms with Gasteiger partial charge in [-0.3, -0.25) is 9.59 Å². The van der Waals surface area contributed by atoms with E-state index in [1.165, 1.54) is 0 Å². The number of benzene rings is 1. The van der Waals surface area contributed by atoms with Crippen LogP contribution in [-0.4, -0.2) is 40.8 Å². The second-order valence-electron chi connectivity index (χ2n) is 4.59. The first-order valence-electron chi connectivity index (χ1n) is 5.99. The van der Waals surface area contributed by atoms with Crippen LogP contribution < -0.4 is 0 Å². The molecule has 102 valence electrons. The predicted octanol–water partition coefficient (Wildman–Crippen LogP) is 1.44. The molecule has 0 bridgehead atoms. The van der Waals surface area contributed by atoms with Crippen LogP contribution in [0.5, 0.6) is 0 Å². The van der Waals surface area contributed by atoms with Gasteiger partial charge in [-0.25, -0.2) is 4.79 Å². The number of carboxylic acids is 1. The lowest BCUT2D eigenvalue weighted by Crippen LogP contribution is -2.46. The summed E-state index contributed by atoms with van der Waals surface area (Å²) in [5.41, 5.74) is 0.460. The normalized spacial score (nSPS) is 11.9. The molecule has 0 radical (unpaired) electrons. The molecule has 1 atom stereocenters. The topological polar surface area (TPSA) is 74.7 Å². The van der Waals surface area contributed by atoms with Crippen LogP contribution in [-0.2, 0) is 9.59 Å². The van der Waals surface area contributed by atoms with E-state index in [0.29, 0.717) is 12.0 Å². The van der Waals surface area contributed by atoms with Crippen LogP contribution in [0.4, 0.5) is 0 Å². The Morgan fingerprint density at radius 2 is 1.84 bits per heavy atom. The Hall–Kier alpha value is -2.17. The number of amides is 1. The first-order valence-corrected chi connectivity index (χ1v) is 5.99. The third-order valence-corrected chi connectivity index (χ3v) is 2.80. The molecule has 19 heavy (non-hydrogen) atoms. The molecule has 1 N–H and O–H groups in total. The molecule has 0 spiro atoms. The smallest absolute Gasteiger partial charge is 0.326 e. The van der Waals surface area contributed by atoms with Crippen molar-refractivity contribution in [1.82, 2.24) is 4.90 Å². The van der Waals surface area contributed by atoms with E-state index in [2.05, 4.69) is 0 Å². The average Bonchev–Trinajstić information content (AvgIpc) is 2.37. The molecule has 0 fully saturated rings. The summed E-state index contributed by atoms with van der Waals surface area (Å²) in [5.74, 6) is -1.66. The molecular formula is C14H17NO4. The monoisotopic (exact) mass is 263 g/mol. The van der Waals surface area contributed by atoms with Crippen molar-refractivity contribution < 1.29 is 19.5 Å². The van der Waals surface area contributed by atoms with Crippen LogP contribution in [0, 0.1) is 5.92 Å². The molecule has 1 amide bonds. The summed E-state index contributed by atoms with van der Waals surface area (Å²) in [6.07, 6.45) is 0.416. The van der Waals surface area contributed by atoms with Gasteiger partial charge in [0.25, 0.3) is 0 Å². The van der Waals surface area contributed by atoms with Crippen LogP contribution in [0.25, 0.3) is 0 Å². The standard InChI is InChI=1S/C14H17NO4/c1-10(2)13(14(18)19)15(9-16)8-12(17)11-6-4-3-5-7-11/h3-7,9-10,13H,8H2,1-2H3,(H,18,19). The molecule has 0 heterocycles. The van der Waals surface area contributed by atoms with Gasteiger partial charge in [0.05, 0.1) is 6.54 Å². The van der Waals surface area contributed by atoms with Gasteiger partial charge in [0.2, 0.25) is 6.41 Å². The number of carbonyl (C=O) groups is 3. The fourth-order valence-corrected chi connectivity index (χ4v) is 1.89. The van der Waals surface area contributed by atoms with Gasteiger partial charge in [0, 0.05) is 5.56 Å². The summed E-state index contributed by atoms with van der Waals surface area (Å²) in [5, 5.41) is 9.12. The van der Waals surface area contributed by atoms with Crippen molar-refractivity contribution in [3.8, 4) is 0 Å². The van der Waals surface area contributed by atoms with Gasteiger partial charge in [-0.2, -0.15) is 0 Å². The molecule has 0 saturated carbocycles. The molecule has 0 aliphatic rings. The van der Waals surface area contributed by atoms with E-state index in [1.54, 1.807) is 44.2 Å². The van der Waals surface area contributed by atoms with Gasteiger partial charge in [-0.1, -0.05) is 44.2 Å². The second kappa shape index (κ2) is 6.68. The summed E-state index contributed by atoms with van der Waals surface area (Å²) in [4.78, 5) is 35.2. The van der Waals surface area contributed by atoms with E-state index < -0.39 is 12.0 Å². The number of hydrogen-bond donors (Lipinski definition) is 1. The van der Waals surface area contributed by atoms with Crippen molar-refractivity contribution in [2.75, 3.05) is 6.54 Å². The van der Waals surface area contributed by atoms with Crippen molar-refractivity contribution >= 4 is 18.2 Å². The molecule has 0 saturated heterocycles. The first kappa shape index (κ1) is 14.9. The largest absolute Gasteiger partial charge is 0.480 e. The minimum Gasteiger partial charge on any atom is -0.480 e. The van der Waals surface area contributed by atoms with Gasteiger partial charge in [-0.05, 0) is 5.92 Å². The summed E-state index contributed by atoms with van der Waals surface area (Å²) < 4.78 is 0. The minimum atomic E-state index is -1.11. The zero-order valence-corrected chi connectivity index (χ0v) is 10.9. The quantitative estimate of drug-likeness (QED) is 0.596. The van der Waals surface area contributed by atoms with Crippen molar-refractivity contribution in [1.29, 1.82) is 0 Å². The maximum absolute atomic E-state index is 12.0. The van der Waals surface area contributed by atoms with Crippen LogP contribution in [0.2, 0.25) is 0 Å². The maximum Gasteiger partial charge on any atom is 0.326 e. The van der Waals surface area contributed by atoms with E-state index in [-0.39, 0.29) is 18.2 Å². The van der Waals surface area contributed by atoms with E-state index in [9.17, 15) is 14.4 Å². The lowest BCUT2D eigenvalue weighted by molar-refractivity contribution is -0.147.